The van der Waals surface area contributed by atoms with Crippen molar-refractivity contribution in [3.05, 3.63) is 35.4 Å². The summed E-state index contributed by atoms with van der Waals surface area (Å²) in [6, 6.07) is 2.99. The molecule has 5 heteroatoms. The standard InChI is InChI=1S/C10H13F2NO2/c11-7-2-1-6(5-8(7)12)10(15)9(14)3-4-13/h1-2,5,9-10,14-15H,3-4,13H2. The van der Waals surface area contributed by atoms with Crippen LogP contribution in [0.15, 0.2) is 18.2 Å². The lowest BCUT2D eigenvalue weighted by Crippen LogP contribution is -2.21. The lowest BCUT2D eigenvalue weighted by Gasteiger charge is -2.17. The minimum Gasteiger partial charge on any atom is -0.390 e. The summed E-state index contributed by atoms with van der Waals surface area (Å²) in [7, 11) is 0. The molecule has 4 N–H and O–H groups in total. The molecule has 84 valence electrons. The fraction of sp³-hybridized carbons (Fsp3) is 0.400. The van der Waals surface area contributed by atoms with Crippen molar-refractivity contribution in [3.63, 3.8) is 0 Å². The van der Waals surface area contributed by atoms with Crippen molar-refractivity contribution in [3.8, 4) is 0 Å². The molecule has 0 fully saturated rings. The molecule has 0 spiro atoms. The Kier molecular flexibility index (Phi) is 4.14. The van der Waals surface area contributed by atoms with Crippen molar-refractivity contribution < 1.29 is 19.0 Å². The van der Waals surface area contributed by atoms with Gasteiger partial charge in [-0.1, -0.05) is 6.07 Å². The van der Waals surface area contributed by atoms with E-state index in [-0.39, 0.29) is 18.5 Å². The van der Waals surface area contributed by atoms with Crippen LogP contribution in [-0.2, 0) is 0 Å². The molecule has 1 aromatic carbocycles. The first-order valence-electron chi connectivity index (χ1n) is 4.57. The summed E-state index contributed by atoms with van der Waals surface area (Å²) in [6.45, 7) is 0.210. The molecule has 0 saturated heterocycles. The van der Waals surface area contributed by atoms with Crippen LogP contribution in [0.1, 0.15) is 18.1 Å². The zero-order chi connectivity index (χ0) is 11.4. The first kappa shape index (κ1) is 12.0. The van der Waals surface area contributed by atoms with E-state index in [1.54, 1.807) is 0 Å². The normalized spacial score (nSPS) is 15.0. The van der Waals surface area contributed by atoms with Gasteiger partial charge in [0.15, 0.2) is 11.6 Å². The van der Waals surface area contributed by atoms with Crippen LogP contribution in [0.4, 0.5) is 8.78 Å². The van der Waals surface area contributed by atoms with Crippen molar-refractivity contribution in [1.82, 2.24) is 0 Å². The number of nitrogens with two attached hydrogens (primary N) is 1. The molecule has 0 aliphatic carbocycles. The Morgan fingerprint density at radius 2 is 1.87 bits per heavy atom. The summed E-state index contributed by atoms with van der Waals surface area (Å²) in [5.74, 6) is -2.04. The van der Waals surface area contributed by atoms with E-state index in [9.17, 15) is 19.0 Å². The van der Waals surface area contributed by atoms with Gasteiger partial charge in [-0.2, -0.15) is 0 Å². The molecule has 0 amide bonds. The molecule has 2 atom stereocenters. The van der Waals surface area contributed by atoms with Crippen molar-refractivity contribution in [2.24, 2.45) is 5.73 Å². The molecule has 2 unspecified atom stereocenters. The third-order valence-corrected chi connectivity index (χ3v) is 2.11. The molecule has 0 aliphatic heterocycles. The van der Waals surface area contributed by atoms with Crippen LogP contribution >= 0.6 is 0 Å². The van der Waals surface area contributed by atoms with Gasteiger partial charge in [0.1, 0.15) is 6.10 Å². The van der Waals surface area contributed by atoms with Crippen LogP contribution in [0.3, 0.4) is 0 Å². The third kappa shape index (κ3) is 2.95. The molecular weight excluding hydrogens is 204 g/mol. The topological polar surface area (TPSA) is 66.5 Å². The van der Waals surface area contributed by atoms with Crippen molar-refractivity contribution in [1.29, 1.82) is 0 Å². The molecule has 0 aliphatic rings. The predicted octanol–water partition coefficient (Wildman–Crippen LogP) is 0.708. The highest BCUT2D eigenvalue weighted by Crippen LogP contribution is 2.20. The smallest absolute Gasteiger partial charge is 0.159 e. The Morgan fingerprint density at radius 3 is 2.40 bits per heavy atom. The van der Waals surface area contributed by atoms with Gasteiger partial charge < -0.3 is 15.9 Å². The van der Waals surface area contributed by atoms with Gasteiger partial charge in [-0.15, -0.1) is 0 Å². The van der Waals surface area contributed by atoms with E-state index in [2.05, 4.69) is 0 Å². The van der Waals surface area contributed by atoms with E-state index in [1.165, 1.54) is 6.07 Å². The van der Waals surface area contributed by atoms with Gasteiger partial charge in [-0.3, -0.25) is 0 Å². The SMILES string of the molecule is NCCC(O)C(O)c1ccc(F)c(F)c1. The second kappa shape index (κ2) is 5.16. The van der Waals surface area contributed by atoms with Gasteiger partial charge in [0, 0.05) is 0 Å². The average molecular weight is 217 g/mol. The summed E-state index contributed by atoms with van der Waals surface area (Å²) < 4.78 is 25.4. The molecule has 0 radical (unpaired) electrons. The quantitative estimate of drug-likeness (QED) is 0.695. The third-order valence-electron chi connectivity index (χ3n) is 2.11. The summed E-state index contributed by atoms with van der Waals surface area (Å²) in [5, 5.41) is 18.9. The van der Waals surface area contributed by atoms with E-state index >= 15 is 0 Å². The monoisotopic (exact) mass is 217 g/mol. The largest absolute Gasteiger partial charge is 0.390 e. The summed E-state index contributed by atoms with van der Waals surface area (Å²) >= 11 is 0. The van der Waals surface area contributed by atoms with E-state index < -0.39 is 23.8 Å². The van der Waals surface area contributed by atoms with E-state index in [0.717, 1.165) is 12.1 Å². The molecule has 0 bridgehead atoms. The number of hydrogen-bond donors (Lipinski definition) is 3. The second-order valence-corrected chi connectivity index (χ2v) is 3.26. The van der Waals surface area contributed by atoms with Crippen LogP contribution in [0.5, 0.6) is 0 Å². The summed E-state index contributed by atoms with van der Waals surface area (Å²) in [4.78, 5) is 0. The van der Waals surface area contributed by atoms with Crippen LogP contribution in [-0.4, -0.2) is 22.9 Å². The maximum Gasteiger partial charge on any atom is 0.159 e. The molecule has 1 rings (SSSR count). The van der Waals surface area contributed by atoms with E-state index in [4.69, 9.17) is 5.73 Å². The second-order valence-electron chi connectivity index (χ2n) is 3.26. The molecule has 15 heavy (non-hydrogen) atoms. The molecule has 1 aromatic rings. The van der Waals surface area contributed by atoms with Crippen molar-refractivity contribution in [2.45, 2.75) is 18.6 Å². The van der Waals surface area contributed by atoms with Gasteiger partial charge in [0.25, 0.3) is 0 Å². The molecular formula is C10H13F2NO2. The minimum atomic E-state index is -1.25. The number of benzene rings is 1. The Hall–Kier alpha value is -1.04. The zero-order valence-electron chi connectivity index (χ0n) is 8.03. The number of aliphatic hydroxyl groups is 2. The summed E-state index contributed by atoms with van der Waals surface area (Å²) in [5.41, 5.74) is 5.33. The fourth-order valence-electron chi connectivity index (χ4n) is 1.25. The Labute approximate surface area is 86.2 Å². The predicted molar refractivity (Wildman–Crippen MR) is 51.0 cm³/mol. The van der Waals surface area contributed by atoms with Crippen LogP contribution in [0.2, 0.25) is 0 Å². The van der Waals surface area contributed by atoms with E-state index in [0.29, 0.717) is 0 Å². The Balaban J connectivity index is 2.81. The van der Waals surface area contributed by atoms with Crippen LogP contribution in [0.25, 0.3) is 0 Å². The zero-order valence-corrected chi connectivity index (χ0v) is 8.03. The Morgan fingerprint density at radius 1 is 1.20 bits per heavy atom. The van der Waals surface area contributed by atoms with Crippen molar-refractivity contribution in [2.75, 3.05) is 6.54 Å². The molecule has 3 nitrogen and oxygen atoms in total. The summed E-state index contributed by atoms with van der Waals surface area (Å²) in [6.07, 6.45) is -2.12. The fourth-order valence-corrected chi connectivity index (χ4v) is 1.25. The van der Waals surface area contributed by atoms with Gasteiger partial charge in [-0.25, -0.2) is 8.78 Å². The first-order valence-corrected chi connectivity index (χ1v) is 4.57. The highest BCUT2D eigenvalue weighted by atomic mass is 19.2. The maximum absolute atomic E-state index is 12.8. The lowest BCUT2D eigenvalue weighted by atomic mass is 10.0. The lowest BCUT2D eigenvalue weighted by molar-refractivity contribution is 0.0148. The minimum absolute atomic E-state index is 0.134. The molecule has 0 aromatic heterocycles. The van der Waals surface area contributed by atoms with Crippen molar-refractivity contribution >= 4 is 0 Å². The number of rotatable bonds is 4. The van der Waals surface area contributed by atoms with Gasteiger partial charge >= 0.3 is 0 Å². The van der Waals surface area contributed by atoms with Crippen LogP contribution < -0.4 is 5.73 Å². The van der Waals surface area contributed by atoms with E-state index in [1.807, 2.05) is 0 Å². The average Bonchev–Trinajstić information content (AvgIpc) is 2.21. The molecule has 0 saturated carbocycles. The molecule has 0 heterocycles. The number of aliphatic hydroxyl groups excluding tert-OH is 2. The van der Waals surface area contributed by atoms with Gasteiger partial charge in [0.2, 0.25) is 0 Å². The first-order chi connectivity index (χ1) is 7.06. The van der Waals surface area contributed by atoms with Crippen LogP contribution in [0, 0.1) is 11.6 Å². The number of halogens is 2. The highest BCUT2D eigenvalue weighted by molar-refractivity contribution is 5.20. The number of hydrogen-bond acceptors (Lipinski definition) is 3. The maximum atomic E-state index is 12.8. The van der Waals surface area contributed by atoms with Gasteiger partial charge in [-0.05, 0) is 30.7 Å². The highest BCUT2D eigenvalue weighted by Gasteiger charge is 2.18. The Bertz CT molecular complexity index is 333. The van der Waals surface area contributed by atoms with Gasteiger partial charge in [0.05, 0.1) is 6.10 Å².